The van der Waals surface area contributed by atoms with Crippen molar-refractivity contribution in [3.05, 3.63) is 51.8 Å². The summed E-state index contributed by atoms with van der Waals surface area (Å²) in [7, 11) is 1.99. The first-order valence-corrected chi connectivity index (χ1v) is 7.39. The van der Waals surface area contributed by atoms with Crippen molar-refractivity contribution in [3.63, 3.8) is 0 Å². The van der Waals surface area contributed by atoms with Gasteiger partial charge < -0.3 is 5.32 Å². The van der Waals surface area contributed by atoms with Gasteiger partial charge in [0.15, 0.2) is 0 Å². The fraction of sp³-hybridized carbons (Fsp3) is 0.438. The van der Waals surface area contributed by atoms with Crippen molar-refractivity contribution in [2.45, 2.75) is 39.8 Å². The summed E-state index contributed by atoms with van der Waals surface area (Å²) < 4.78 is 2.07. The smallest absolute Gasteiger partial charge is 0.0596 e. The lowest BCUT2D eigenvalue weighted by molar-refractivity contribution is 0.541. The molecule has 2 rings (SSSR count). The molecule has 0 fully saturated rings. The molecule has 1 heterocycles. The third kappa shape index (κ3) is 3.41. The van der Waals surface area contributed by atoms with E-state index in [1.807, 2.05) is 26.1 Å². The SMILES string of the molecule is CCn1nc(C)cc1CC(NC)c1cc(C)cc(Cl)c1. The molecule has 1 aromatic carbocycles. The maximum absolute atomic E-state index is 6.17. The van der Waals surface area contributed by atoms with E-state index in [9.17, 15) is 0 Å². The fourth-order valence-corrected chi connectivity index (χ4v) is 2.90. The number of likely N-dealkylation sites (N-methyl/N-ethyl adjacent to an activating group) is 1. The summed E-state index contributed by atoms with van der Waals surface area (Å²) in [6, 6.07) is 8.61. The van der Waals surface area contributed by atoms with Crippen LogP contribution in [0.4, 0.5) is 0 Å². The number of nitrogens with zero attached hydrogens (tertiary/aromatic N) is 2. The molecule has 0 spiro atoms. The summed E-state index contributed by atoms with van der Waals surface area (Å²) >= 11 is 6.17. The van der Waals surface area contributed by atoms with Gasteiger partial charge in [-0.15, -0.1) is 0 Å². The van der Waals surface area contributed by atoms with Crippen molar-refractivity contribution < 1.29 is 0 Å². The van der Waals surface area contributed by atoms with Crippen LogP contribution in [0.5, 0.6) is 0 Å². The van der Waals surface area contributed by atoms with Gasteiger partial charge >= 0.3 is 0 Å². The molecule has 0 saturated heterocycles. The van der Waals surface area contributed by atoms with E-state index in [2.05, 4.69) is 41.1 Å². The Hall–Kier alpha value is -1.32. The Morgan fingerprint density at radius 1 is 1.25 bits per heavy atom. The van der Waals surface area contributed by atoms with E-state index in [-0.39, 0.29) is 6.04 Å². The van der Waals surface area contributed by atoms with Crippen LogP contribution in [0.2, 0.25) is 5.02 Å². The molecule has 2 aromatic rings. The van der Waals surface area contributed by atoms with Crippen LogP contribution in [0.3, 0.4) is 0 Å². The average molecular weight is 292 g/mol. The molecule has 0 aliphatic heterocycles. The van der Waals surface area contributed by atoms with Crippen LogP contribution in [0.1, 0.15) is 35.5 Å². The first kappa shape index (κ1) is 15.1. The van der Waals surface area contributed by atoms with E-state index < -0.39 is 0 Å². The molecule has 1 N–H and O–H groups in total. The number of hydrogen-bond acceptors (Lipinski definition) is 2. The molecule has 20 heavy (non-hydrogen) atoms. The molecule has 0 aliphatic carbocycles. The van der Waals surface area contributed by atoms with Crippen LogP contribution in [0, 0.1) is 13.8 Å². The highest BCUT2D eigenvalue weighted by Gasteiger charge is 2.14. The standard InChI is InChI=1S/C16H22ClN3/c1-5-20-15(8-12(3)19-20)10-16(18-4)13-6-11(2)7-14(17)9-13/h6-9,16,18H,5,10H2,1-4H3. The third-order valence-electron chi connectivity index (χ3n) is 3.51. The minimum Gasteiger partial charge on any atom is -0.313 e. The topological polar surface area (TPSA) is 29.9 Å². The van der Waals surface area contributed by atoms with E-state index >= 15 is 0 Å². The predicted molar refractivity (Wildman–Crippen MR) is 84.3 cm³/mol. The number of benzene rings is 1. The minimum atomic E-state index is 0.244. The van der Waals surface area contributed by atoms with Gasteiger partial charge in [-0.3, -0.25) is 4.68 Å². The number of aryl methyl sites for hydroxylation is 3. The first-order chi connectivity index (χ1) is 9.53. The Morgan fingerprint density at radius 2 is 2.00 bits per heavy atom. The van der Waals surface area contributed by atoms with Crippen LogP contribution in [-0.4, -0.2) is 16.8 Å². The molecule has 0 saturated carbocycles. The molecule has 1 atom stereocenters. The van der Waals surface area contributed by atoms with Gasteiger partial charge in [0.2, 0.25) is 0 Å². The van der Waals surface area contributed by atoms with Gasteiger partial charge in [0.25, 0.3) is 0 Å². The molecule has 0 bridgehead atoms. The van der Waals surface area contributed by atoms with Crippen molar-refractivity contribution in [1.29, 1.82) is 0 Å². The third-order valence-corrected chi connectivity index (χ3v) is 3.73. The molecule has 0 aliphatic rings. The maximum atomic E-state index is 6.17. The number of rotatable bonds is 5. The summed E-state index contributed by atoms with van der Waals surface area (Å²) in [5.41, 5.74) is 4.73. The number of nitrogens with one attached hydrogen (secondary N) is 1. The zero-order chi connectivity index (χ0) is 14.7. The highest BCUT2D eigenvalue weighted by atomic mass is 35.5. The van der Waals surface area contributed by atoms with Gasteiger partial charge in [0.05, 0.1) is 5.69 Å². The van der Waals surface area contributed by atoms with Crippen molar-refractivity contribution in [1.82, 2.24) is 15.1 Å². The fourth-order valence-electron chi connectivity index (χ4n) is 2.60. The molecule has 3 nitrogen and oxygen atoms in total. The zero-order valence-electron chi connectivity index (χ0n) is 12.6. The van der Waals surface area contributed by atoms with Crippen LogP contribution in [0.15, 0.2) is 24.3 Å². The van der Waals surface area contributed by atoms with Crippen molar-refractivity contribution >= 4 is 11.6 Å². The average Bonchev–Trinajstić information content (AvgIpc) is 2.74. The van der Waals surface area contributed by atoms with Crippen molar-refractivity contribution in [2.75, 3.05) is 7.05 Å². The monoisotopic (exact) mass is 291 g/mol. The number of aromatic nitrogens is 2. The van der Waals surface area contributed by atoms with Gasteiger partial charge in [-0.05, 0) is 57.1 Å². The second-order valence-corrected chi connectivity index (χ2v) is 5.64. The Labute approximate surface area is 126 Å². The summed E-state index contributed by atoms with van der Waals surface area (Å²) in [6.07, 6.45) is 0.908. The van der Waals surface area contributed by atoms with E-state index in [4.69, 9.17) is 11.6 Å². The van der Waals surface area contributed by atoms with Crippen molar-refractivity contribution in [2.24, 2.45) is 0 Å². The van der Waals surface area contributed by atoms with Gasteiger partial charge in [-0.25, -0.2) is 0 Å². The molecule has 0 amide bonds. The molecule has 4 heteroatoms. The molecule has 1 unspecified atom stereocenters. The Morgan fingerprint density at radius 3 is 2.60 bits per heavy atom. The normalized spacial score (nSPS) is 12.7. The number of hydrogen-bond donors (Lipinski definition) is 1. The Kier molecular flexibility index (Phi) is 4.84. The number of halogens is 1. The maximum Gasteiger partial charge on any atom is 0.0596 e. The van der Waals surface area contributed by atoms with Gasteiger partial charge in [0, 0.05) is 29.7 Å². The highest BCUT2D eigenvalue weighted by Crippen LogP contribution is 2.23. The highest BCUT2D eigenvalue weighted by molar-refractivity contribution is 6.30. The van der Waals surface area contributed by atoms with Crippen molar-refractivity contribution in [3.8, 4) is 0 Å². The first-order valence-electron chi connectivity index (χ1n) is 7.01. The second kappa shape index (κ2) is 6.42. The quantitative estimate of drug-likeness (QED) is 0.911. The van der Waals surface area contributed by atoms with E-state index in [1.165, 1.54) is 16.8 Å². The van der Waals surface area contributed by atoms with Gasteiger partial charge in [-0.1, -0.05) is 17.7 Å². The predicted octanol–water partition coefficient (Wildman–Crippen LogP) is 3.68. The molecule has 0 radical (unpaired) electrons. The van der Waals surface area contributed by atoms with Crippen LogP contribution < -0.4 is 5.32 Å². The second-order valence-electron chi connectivity index (χ2n) is 5.20. The van der Waals surface area contributed by atoms with E-state index in [0.717, 1.165) is 23.7 Å². The Balaban J connectivity index is 2.28. The van der Waals surface area contributed by atoms with Crippen LogP contribution >= 0.6 is 11.6 Å². The molecule has 1 aromatic heterocycles. The molecular weight excluding hydrogens is 270 g/mol. The summed E-state index contributed by atoms with van der Waals surface area (Å²) in [5, 5.41) is 8.68. The van der Waals surface area contributed by atoms with Gasteiger partial charge in [-0.2, -0.15) is 5.10 Å². The lowest BCUT2D eigenvalue weighted by Gasteiger charge is -2.18. The summed E-state index contributed by atoms with van der Waals surface area (Å²) in [6.45, 7) is 7.12. The largest absolute Gasteiger partial charge is 0.313 e. The lowest BCUT2D eigenvalue weighted by Crippen LogP contribution is -2.20. The van der Waals surface area contributed by atoms with Crippen LogP contribution in [0.25, 0.3) is 0 Å². The van der Waals surface area contributed by atoms with E-state index in [0.29, 0.717) is 0 Å². The Bertz CT molecular complexity index is 569. The minimum absolute atomic E-state index is 0.244. The molecular formula is C16H22ClN3. The lowest BCUT2D eigenvalue weighted by atomic mass is 10.00. The zero-order valence-corrected chi connectivity index (χ0v) is 13.3. The summed E-state index contributed by atoms with van der Waals surface area (Å²) in [4.78, 5) is 0. The molecule has 108 valence electrons. The van der Waals surface area contributed by atoms with Gasteiger partial charge in [0.1, 0.15) is 0 Å². The summed E-state index contributed by atoms with van der Waals surface area (Å²) in [5.74, 6) is 0. The van der Waals surface area contributed by atoms with Crippen LogP contribution in [-0.2, 0) is 13.0 Å². The van der Waals surface area contributed by atoms with E-state index in [1.54, 1.807) is 0 Å².